The number of carboxylic acid groups (broad SMARTS) is 1. The van der Waals surface area contributed by atoms with E-state index in [4.69, 9.17) is 5.11 Å². The summed E-state index contributed by atoms with van der Waals surface area (Å²) in [6.45, 7) is 4.61. The van der Waals surface area contributed by atoms with Crippen LogP contribution in [-0.4, -0.2) is 39.5 Å². The lowest BCUT2D eigenvalue weighted by atomic mass is 9.99. The molecule has 2 atom stereocenters. The van der Waals surface area contributed by atoms with Crippen LogP contribution in [0.25, 0.3) is 0 Å². The molecule has 0 aliphatic carbocycles. The van der Waals surface area contributed by atoms with Crippen LogP contribution in [0.5, 0.6) is 0 Å². The van der Waals surface area contributed by atoms with E-state index >= 15 is 0 Å². The first kappa shape index (κ1) is 15.0. The van der Waals surface area contributed by atoms with Gasteiger partial charge in [0.25, 0.3) is 0 Å². The molecule has 0 aromatic carbocycles. The molecule has 0 bridgehead atoms. The number of carbonyl (C=O) groups excluding carboxylic acids is 1. The number of aliphatic carboxylic acids is 1. The van der Waals surface area contributed by atoms with E-state index in [0.717, 1.165) is 0 Å². The van der Waals surface area contributed by atoms with Crippen LogP contribution in [0.2, 0.25) is 0 Å². The van der Waals surface area contributed by atoms with Gasteiger partial charge in [-0.3, -0.25) is 4.68 Å². The summed E-state index contributed by atoms with van der Waals surface area (Å²) in [5.74, 6) is -1.13. The number of nitrogens with zero attached hydrogens (tertiary/aromatic N) is 2. The standard InChI is InChI=1S/C12H20N4O3/c1-3-9(2)10(11(17)18)15-12(19)13-6-8-16-7-4-5-14-16/h4-5,7,9-10H,3,6,8H2,1-2H3,(H,17,18)(H2,13,15,19)/t9-,10-/m0/s1. The monoisotopic (exact) mass is 268 g/mol. The van der Waals surface area contributed by atoms with Crippen LogP contribution < -0.4 is 10.6 Å². The van der Waals surface area contributed by atoms with Crippen molar-refractivity contribution >= 4 is 12.0 Å². The Balaban J connectivity index is 2.34. The summed E-state index contributed by atoms with van der Waals surface area (Å²) in [6, 6.07) is 0.457. The Morgan fingerprint density at radius 3 is 2.74 bits per heavy atom. The van der Waals surface area contributed by atoms with Crippen molar-refractivity contribution in [2.24, 2.45) is 5.92 Å². The average molecular weight is 268 g/mol. The highest BCUT2D eigenvalue weighted by molar-refractivity contribution is 5.82. The maximum Gasteiger partial charge on any atom is 0.326 e. The zero-order chi connectivity index (χ0) is 14.3. The van der Waals surface area contributed by atoms with Crippen molar-refractivity contribution in [1.82, 2.24) is 20.4 Å². The summed E-state index contributed by atoms with van der Waals surface area (Å²) >= 11 is 0. The fraction of sp³-hybridized carbons (Fsp3) is 0.583. The summed E-state index contributed by atoms with van der Waals surface area (Å²) in [6.07, 6.45) is 4.13. The second-order valence-corrected chi connectivity index (χ2v) is 4.37. The van der Waals surface area contributed by atoms with Crippen LogP contribution >= 0.6 is 0 Å². The molecule has 0 spiro atoms. The number of urea groups is 1. The van der Waals surface area contributed by atoms with Gasteiger partial charge < -0.3 is 15.7 Å². The van der Waals surface area contributed by atoms with Gasteiger partial charge in [0, 0.05) is 18.9 Å². The van der Waals surface area contributed by atoms with Crippen molar-refractivity contribution in [1.29, 1.82) is 0 Å². The second-order valence-electron chi connectivity index (χ2n) is 4.37. The predicted octanol–water partition coefficient (Wildman–Crippen LogP) is 0.682. The number of hydrogen-bond donors (Lipinski definition) is 3. The van der Waals surface area contributed by atoms with Crippen molar-refractivity contribution in [3.05, 3.63) is 18.5 Å². The molecule has 7 nitrogen and oxygen atoms in total. The molecule has 0 aliphatic rings. The van der Waals surface area contributed by atoms with Gasteiger partial charge in [-0.2, -0.15) is 5.10 Å². The number of amides is 2. The maximum atomic E-state index is 11.6. The van der Waals surface area contributed by atoms with E-state index in [1.165, 1.54) is 0 Å². The van der Waals surface area contributed by atoms with Crippen molar-refractivity contribution in [3.63, 3.8) is 0 Å². The maximum absolute atomic E-state index is 11.6. The topological polar surface area (TPSA) is 96.3 Å². The molecule has 0 unspecified atom stereocenters. The van der Waals surface area contributed by atoms with E-state index in [9.17, 15) is 9.59 Å². The molecular weight excluding hydrogens is 248 g/mol. The fourth-order valence-corrected chi connectivity index (χ4v) is 1.59. The number of nitrogens with one attached hydrogen (secondary N) is 2. The van der Waals surface area contributed by atoms with Gasteiger partial charge in [-0.05, 0) is 12.0 Å². The molecule has 0 saturated heterocycles. The van der Waals surface area contributed by atoms with Crippen LogP contribution in [0, 0.1) is 5.92 Å². The summed E-state index contributed by atoms with van der Waals surface area (Å²) in [4.78, 5) is 22.6. The highest BCUT2D eigenvalue weighted by Crippen LogP contribution is 2.07. The molecule has 19 heavy (non-hydrogen) atoms. The van der Waals surface area contributed by atoms with Gasteiger partial charge in [-0.15, -0.1) is 0 Å². The second kappa shape index (κ2) is 7.40. The van der Waals surface area contributed by atoms with Gasteiger partial charge in [0.2, 0.25) is 0 Å². The molecule has 2 amide bonds. The minimum absolute atomic E-state index is 0.116. The van der Waals surface area contributed by atoms with Gasteiger partial charge >= 0.3 is 12.0 Å². The van der Waals surface area contributed by atoms with E-state index in [-0.39, 0.29) is 5.92 Å². The minimum atomic E-state index is -1.02. The van der Waals surface area contributed by atoms with Crippen LogP contribution in [-0.2, 0) is 11.3 Å². The molecular formula is C12H20N4O3. The van der Waals surface area contributed by atoms with Crippen molar-refractivity contribution < 1.29 is 14.7 Å². The molecule has 1 aromatic rings. The van der Waals surface area contributed by atoms with Gasteiger partial charge in [0.15, 0.2) is 0 Å². The summed E-state index contributed by atoms with van der Waals surface area (Å²) in [7, 11) is 0. The van der Waals surface area contributed by atoms with Crippen molar-refractivity contribution in [2.75, 3.05) is 6.54 Å². The van der Waals surface area contributed by atoms with E-state index < -0.39 is 18.0 Å². The molecule has 7 heteroatoms. The van der Waals surface area contributed by atoms with Gasteiger partial charge in [-0.1, -0.05) is 20.3 Å². The van der Waals surface area contributed by atoms with Gasteiger partial charge in [0.05, 0.1) is 6.54 Å². The Labute approximate surface area is 112 Å². The number of aromatic nitrogens is 2. The summed E-state index contributed by atoms with van der Waals surface area (Å²) in [5, 5.41) is 18.1. The largest absolute Gasteiger partial charge is 0.480 e. The third kappa shape index (κ3) is 4.99. The first-order chi connectivity index (χ1) is 9.04. The zero-order valence-corrected chi connectivity index (χ0v) is 11.2. The molecule has 1 aromatic heterocycles. The number of rotatable bonds is 7. The zero-order valence-electron chi connectivity index (χ0n) is 11.2. The van der Waals surface area contributed by atoms with E-state index in [0.29, 0.717) is 19.5 Å². The quantitative estimate of drug-likeness (QED) is 0.677. The van der Waals surface area contributed by atoms with Crippen molar-refractivity contribution in [3.8, 4) is 0 Å². The lowest BCUT2D eigenvalue weighted by Crippen LogP contribution is -2.49. The van der Waals surface area contributed by atoms with Crippen LogP contribution in [0.3, 0.4) is 0 Å². The minimum Gasteiger partial charge on any atom is -0.480 e. The van der Waals surface area contributed by atoms with Crippen LogP contribution in [0.1, 0.15) is 20.3 Å². The Hall–Kier alpha value is -2.05. The molecule has 0 aliphatic heterocycles. The third-order valence-corrected chi connectivity index (χ3v) is 2.95. The SMILES string of the molecule is CC[C@H](C)[C@H](NC(=O)NCCn1cccn1)C(=O)O. The number of hydrogen-bond acceptors (Lipinski definition) is 3. The highest BCUT2D eigenvalue weighted by Gasteiger charge is 2.24. The molecule has 0 saturated carbocycles. The molecule has 0 fully saturated rings. The molecule has 1 rings (SSSR count). The lowest BCUT2D eigenvalue weighted by Gasteiger charge is -2.20. The number of carboxylic acids is 1. The fourth-order valence-electron chi connectivity index (χ4n) is 1.59. The van der Waals surface area contributed by atoms with Crippen molar-refractivity contribution in [2.45, 2.75) is 32.9 Å². The predicted molar refractivity (Wildman–Crippen MR) is 69.6 cm³/mol. The average Bonchev–Trinajstić information content (AvgIpc) is 2.87. The summed E-state index contributed by atoms with van der Waals surface area (Å²) < 4.78 is 1.68. The van der Waals surface area contributed by atoms with E-state index in [2.05, 4.69) is 15.7 Å². The lowest BCUT2D eigenvalue weighted by molar-refractivity contribution is -0.140. The molecule has 0 radical (unpaired) electrons. The highest BCUT2D eigenvalue weighted by atomic mass is 16.4. The molecule has 1 heterocycles. The van der Waals surface area contributed by atoms with E-state index in [1.54, 1.807) is 30.1 Å². The normalized spacial score (nSPS) is 13.6. The van der Waals surface area contributed by atoms with E-state index in [1.807, 2.05) is 6.92 Å². The Morgan fingerprint density at radius 2 is 2.21 bits per heavy atom. The van der Waals surface area contributed by atoms with Gasteiger partial charge in [0.1, 0.15) is 6.04 Å². The Kier molecular flexibility index (Phi) is 5.84. The molecule has 3 N–H and O–H groups in total. The Morgan fingerprint density at radius 1 is 1.47 bits per heavy atom. The van der Waals surface area contributed by atoms with Crippen LogP contribution in [0.4, 0.5) is 4.79 Å². The van der Waals surface area contributed by atoms with Crippen LogP contribution in [0.15, 0.2) is 18.5 Å². The third-order valence-electron chi connectivity index (χ3n) is 2.95. The first-order valence-corrected chi connectivity index (χ1v) is 6.29. The smallest absolute Gasteiger partial charge is 0.326 e. The number of carbonyl (C=O) groups is 2. The van der Waals surface area contributed by atoms with Gasteiger partial charge in [-0.25, -0.2) is 9.59 Å². The Bertz CT molecular complexity index is 405. The first-order valence-electron chi connectivity index (χ1n) is 6.29. The summed E-state index contributed by atoms with van der Waals surface area (Å²) in [5.41, 5.74) is 0. The molecule has 106 valence electrons.